The number of benzene rings is 1. The van der Waals surface area contributed by atoms with Crippen molar-refractivity contribution in [3.05, 3.63) is 35.7 Å². The van der Waals surface area contributed by atoms with Crippen LogP contribution in [0.4, 0.5) is 0 Å². The maximum Gasteiger partial charge on any atom is 0.228 e. The lowest BCUT2D eigenvalue weighted by molar-refractivity contribution is -0.157. The first kappa shape index (κ1) is 24.3. The van der Waals surface area contributed by atoms with Crippen LogP contribution in [0.1, 0.15) is 39.0 Å². The van der Waals surface area contributed by atoms with Gasteiger partial charge in [-0.2, -0.15) is 15.0 Å². The SMILES string of the molecule is COc1ccc(CN2C(=O)[C@@H](C)[C@H]2Cn2ncc(CO[Si](C)(C)C(C)(C)C)n2)c(OC)c1. The summed E-state index contributed by atoms with van der Waals surface area (Å²) in [6.07, 6.45) is 1.76. The van der Waals surface area contributed by atoms with Crippen molar-refractivity contribution in [2.75, 3.05) is 14.2 Å². The molecule has 1 fully saturated rings. The summed E-state index contributed by atoms with van der Waals surface area (Å²) in [5.74, 6) is 1.48. The molecule has 0 spiro atoms. The van der Waals surface area contributed by atoms with E-state index in [4.69, 9.17) is 13.9 Å². The molecule has 32 heavy (non-hydrogen) atoms. The van der Waals surface area contributed by atoms with E-state index in [9.17, 15) is 4.79 Å². The number of rotatable bonds is 9. The molecule has 8 nitrogen and oxygen atoms in total. The third-order valence-electron chi connectivity index (χ3n) is 6.81. The lowest BCUT2D eigenvalue weighted by Gasteiger charge is -2.45. The van der Waals surface area contributed by atoms with Crippen LogP contribution in [0.25, 0.3) is 0 Å². The molecule has 1 saturated heterocycles. The average molecular weight is 461 g/mol. The second-order valence-corrected chi connectivity index (χ2v) is 14.7. The van der Waals surface area contributed by atoms with Gasteiger partial charge in [0.1, 0.15) is 17.2 Å². The van der Waals surface area contributed by atoms with Crippen molar-refractivity contribution >= 4 is 14.2 Å². The second kappa shape index (κ2) is 9.23. The first-order valence-corrected chi connectivity index (χ1v) is 13.9. The highest BCUT2D eigenvalue weighted by atomic mass is 28.4. The molecule has 2 heterocycles. The summed E-state index contributed by atoms with van der Waals surface area (Å²) in [5.41, 5.74) is 1.76. The fourth-order valence-corrected chi connectivity index (χ4v) is 4.46. The van der Waals surface area contributed by atoms with Crippen molar-refractivity contribution < 1.29 is 18.7 Å². The quantitative estimate of drug-likeness (QED) is 0.418. The topological polar surface area (TPSA) is 78.7 Å². The minimum Gasteiger partial charge on any atom is -0.497 e. The number of aromatic nitrogens is 3. The molecule has 2 atom stereocenters. The van der Waals surface area contributed by atoms with Gasteiger partial charge in [0.15, 0.2) is 8.32 Å². The molecule has 1 aromatic carbocycles. The van der Waals surface area contributed by atoms with E-state index in [-0.39, 0.29) is 22.9 Å². The summed E-state index contributed by atoms with van der Waals surface area (Å²) in [6.45, 7) is 14.6. The van der Waals surface area contributed by atoms with Crippen molar-refractivity contribution in [1.82, 2.24) is 19.9 Å². The lowest BCUT2D eigenvalue weighted by atomic mass is 9.88. The number of nitrogens with zero attached hydrogens (tertiary/aromatic N) is 4. The second-order valence-electron chi connectivity index (χ2n) is 9.94. The standard InChI is InChI=1S/C23H36N4O4Si/c1-16-20(14-27-24-12-18(25-27)15-31-32(7,8)23(2,3)4)26(22(16)28)13-17-9-10-19(29-5)11-21(17)30-6/h9-12,16,20H,13-15H2,1-8H3/t16-,20+/m0/s1. The molecule has 1 aliphatic rings. The summed E-state index contributed by atoms with van der Waals surface area (Å²) >= 11 is 0. The van der Waals surface area contributed by atoms with Gasteiger partial charge in [-0.15, -0.1) is 0 Å². The Morgan fingerprint density at radius 3 is 2.50 bits per heavy atom. The molecule has 0 N–H and O–H groups in total. The Balaban J connectivity index is 1.65. The number of hydrogen-bond acceptors (Lipinski definition) is 6. The van der Waals surface area contributed by atoms with Crippen LogP contribution < -0.4 is 9.47 Å². The largest absolute Gasteiger partial charge is 0.497 e. The van der Waals surface area contributed by atoms with Gasteiger partial charge in [0, 0.05) is 18.2 Å². The minimum absolute atomic E-state index is 0.0240. The predicted molar refractivity (Wildman–Crippen MR) is 125 cm³/mol. The molecular formula is C23H36N4O4Si. The zero-order valence-electron chi connectivity index (χ0n) is 20.5. The normalized spacial score (nSPS) is 19.1. The predicted octanol–water partition coefficient (Wildman–Crippen LogP) is 3.86. The highest BCUT2D eigenvalue weighted by Gasteiger charge is 2.44. The Morgan fingerprint density at radius 1 is 1.16 bits per heavy atom. The van der Waals surface area contributed by atoms with Crippen LogP contribution in [-0.2, 0) is 28.9 Å². The maximum atomic E-state index is 12.6. The van der Waals surface area contributed by atoms with E-state index in [0.29, 0.717) is 25.4 Å². The third-order valence-corrected chi connectivity index (χ3v) is 11.3. The number of methoxy groups -OCH3 is 2. The zero-order valence-corrected chi connectivity index (χ0v) is 21.5. The molecule has 1 amide bonds. The molecule has 0 saturated carbocycles. The highest BCUT2D eigenvalue weighted by Crippen LogP contribution is 2.37. The van der Waals surface area contributed by atoms with Gasteiger partial charge in [0.25, 0.3) is 0 Å². The summed E-state index contributed by atoms with van der Waals surface area (Å²) in [5, 5.41) is 9.16. The van der Waals surface area contributed by atoms with Crippen LogP contribution in [0.15, 0.2) is 24.4 Å². The van der Waals surface area contributed by atoms with E-state index in [0.717, 1.165) is 17.0 Å². The van der Waals surface area contributed by atoms with Gasteiger partial charge in [-0.05, 0) is 30.3 Å². The van der Waals surface area contributed by atoms with Crippen LogP contribution in [-0.4, -0.2) is 54.4 Å². The third kappa shape index (κ3) is 4.99. The first-order chi connectivity index (χ1) is 15.0. The van der Waals surface area contributed by atoms with E-state index in [1.54, 1.807) is 25.2 Å². The molecule has 1 aliphatic heterocycles. The first-order valence-electron chi connectivity index (χ1n) is 11.0. The van der Waals surface area contributed by atoms with Crippen LogP contribution >= 0.6 is 0 Å². The number of likely N-dealkylation sites (tertiary alicyclic amines) is 1. The summed E-state index contributed by atoms with van der Waals surface area (Å²) in [7, 11) is 1.39. The van der Waals surface area contributed by atoms with Crippen LogP contribution in [0, 0.1) is 5.92 Å². The van der Waals surface area contributed by atoms with Crippen molar-refractivity contribution in [3.63, 3.8) is 0 Å². The molecule has 9 heteroatoms. The van der Waals surface area contributed by atoms with Gasteiger partial charge in [-0.1, -0.05) is 27.7 Å². The molecule has 1 aromatic heterocycles. The Hall–Kier alpha value is -2.39. The average Bonchev–Trinajstić information content (AvgIpc) is 3.21. The van der Waals surface area contributed by atoms with Gasteiger partial charge in [-0.3, -0.25) is 4.79 Å². The fraction of sp³-hybridized carbons (Fsp3) is 0.609. The van der Waals surface area contributed by atoms with Crippen molar-refractivity contribution in [2.45, 2.75) is 71.6 Å². The monoisotopic (exact) mass is 460 g/mol. The van der Waals surface area contributed by atoms with Crippen molar-refractivity contribution in [2.24, 2.45) is 5.92 Å². The summed E-state index contributed by atoms with van der Waals surface area (Å²) in [4.78, 5) is 16.1. The Morgan fingerprint density at radius 2 is 1.88 bits per heavy atom. The number of carbonyl (C=O) groups excluding carboxylic acids is 1. The molecule has 0 aliphatic carbocycles. The molecule has 2 aromatic rings. The van der Waals surface area contributed by atoms with Crippen molar-refractivity contribution in [3.8, 4) is 11.5 Å². The number of hydrogen-bond donors (Lipinski definition) is 0. The van der Waals surface area contributed by atoms with Crippen molar-refractivity contribution in [1.29, 1.82) is 0 Å². The van der Waals surface area contributed by atoms with Gasteiger partial charge in [0.2, 0.25) is 5.91 Å². The fourth-order valence-electron chi connectivity index (χ4n) is 3.52. The van der Waals surface area contributed by atoms with Crippen LogP contribution in [0.3, 0.4) is 0 Å². The minimum atomic E-state index is -1.85. The number of β-lactam (4-membered cyclic amide) rings is 1. The van der Waals surface area contributed by atoms with Crippen LogP contribution in [0.2, 0.25) is 18.1 Å². The number of carbonyl (C=O) groups is 1. The molecular weight excluding hydrogens is 424 g/mol. The Labute approximate surface area is 192 Å². The smallest absolute Gasteiger partial charge is 0.228 e. The van der Waals surface area contributed by atoms with E-state index in [1.165, 1.54) is 0 Å². The lowest BCUT2D eigenvalue weighted by Crippen LogP contribution is -2.60. The maximum absolute atomic E-state index is 12.6. The van der Waals surface area contributed by atoms with E-state index < -0.39 is 8.32 Å². The van der Waals surface area contributed by atoms with Crippen LogP contribution in [0.5, 0.6) is 11.5 Å². The zero-order chi connectivity index (χ0) is 23.7. The van der Waals surface area contributed by atoms with E-state index >= 15 is 0 Å². The molecule has 176 valence electrons. The highest BCUT2D eigenvalue weighted by molar-refractivity contribution is 6.74. The van der Waals surface area contributed by atoms with Gasteiger partial charge < -0.3 is 18.8 Å². The van der Waals surface area contributed by atoms with E-state index in [2.05, 4.69) is 44.1 Å². The van der Waals surface area contributed by atoms with Gasteiger partial charge in [0.05, 0.1) is 45.5 Å². The molecule has 0 bridgehead atoms. The summed E-state index contributed by atoms with van der Waals surface area (Å²) < 4.78 is 17.0. The Bertz CT molecular complexity index is 954. The molecule has 0 radical (unpaired) electrons. The van der Waals surface area contributed by atoms with Gasteiger partial charge >= 0.3 is 0 Å². The summed E-state index contributed by atoms with van der Waals surface area (Å²) in [6, 6.07) is 5.68. The molecule has 0 unspecified atom stereocenters. The molecule has 3 rings (SSSR count). The number of amides is 1. The van der Waals surface area contributed by atoms with Gasteiger partial charge in [-0.25, -0.2) is 0 Å². The Kier molecular flexibility index (Phi) is 6.99. The van der Waals surface area contributed by atoms with E-state index in [1.807, 2.05) is 30.0 Å². The number of ether oxygens (including phenoxy) is 2.